The van der Waals surface area contributed by atoms with Crippen molar-refractivity contribution in [3.05, 3.63) is 154 Å². The summed E-state index contributed by atoms with van der Waals surface area (Å²) in [6.45, 7) is 2.64. The number of aromatic nitrogens is 1. The predicted molar refractivity (Wildman–Crippen MR) is 200 cm³/mol. The fraction of sp³-hybridized carbons (Fsp3) is 0.250. The molecule has 0 aliphatic carbocycles. The van der Waals surface area contributed by atoms with Gasteiger partial charge in [0.15, 0.2) is 0 Å². The van der Waals surface area contributed by atoms with E-state index in [1.54, 1.807) is 19.1 Å². The number of alkyl halides is 6. The molecule has 0 radical (unpaired) electrons. The molecule has 0 bridgehead atoms. The SMILES string of the molecule is Cc1c(-c2ccccc2)ccc(OC(F)(F)F)c1Cc1cn(Cc2ccccc2)c2cc(COC(=O)[C@@H]3CCCN3)c(OCc3ccc(C(F)(F)F)cc3)cc12. The van der Waals surface area contributed by atoms with Gasteiger partial charge >= 0.3 is 18.5 Å². The van der Waals surface area contributed by atoms with Crippen molar-refractivity contribution in [1.29, 1.82) is 0 Å². The average Bonchev–Trinajstić information content (AvgIpc) is 3.83. The molecule has 290 valence electrons. The van der Waals surface area contributed by atoms with Crippen LogP contribution in [0.4, 0.5) is 26.3 Å². The minimum atomic E-state index is -4.93. The first kappa shape index (κ1) is 38.5. The van der Waals surface area contributed by atoms with E-state index in [1.807, 2.05) is 77.5 Å². The van der Waals surface area contributed by atoms with Crippen LogP contribution in [0.3, 0.4) is 0 Å². The maximum absolute atomic E-state index is 13.8. The van der Waals surface area contributed by atoms with Gasteiger partial charge in [0, 0.05) is 41.2 Å². The van der Waals surface area contributed by atoms with E-state index >= 15 is 0 Å². The topological polar surface area (TPSA) is 61.7 Å². The molecular weight excluding hydrogens is 734 g/mol. The van der Waals surface area contributed by atoms with E-state index in [0.717, 1.165) is 35.2 Å². The minimum Gasteiger partial charge on any atom is -0.488 e. The van der Waals surface area contributed by atoms with Crippen LogP contribution in [0, 0.1) is 6.92 Å². The second kappa shape index (κ2) is 16.2. The lowest BCUT2D eigenvalue weighted by Crippen LogP contribution is -2.32. The molecule has 1 aromatic heterocycles. The molecule has 1 aliphatic rings. The summed E-state index contributed by atoms with van der Waals surface area (Å²) in [4.78, 5) is 13.0. The molecule has 0 unspecified atom stereocenters. The molecule has 56 heavy (non-hydrogen) atoms. The van der Waals surface area contributed by atoms with E-state index in [0.29, 0.717) is 64.0 Å². The van der Waals surface area contributed by atoms with Crippen molar-refractivity contribution < 1.29 is 45.3 Å². The summed E-state index contributed by atoms with van der Waals surface area (Å²) in [5, 5.41) is 3.79. The number of fused-ring (bicyclic) bond motifs is 1. The van der Waals surface area contributed by atoms with E-state index in [4.69, 9.17) is 9.47 Å². The Kier molecular flexibility index (Phi) is 11.1. The van der Waals surface area contributed by atoms with Crippen LogP contribution in [0.2, 0.25) is 0 Å². The molecule has 7 rings (SSSR count). The Morgan fingerprint density at radius 1 is 0.804 bits per heavy atom. The van der Waals surface area contributed by atoms with Gasteiger partial charge in [0.05, 0.1) is 5.56 Å². The average molecular weight is 773 g/mol. The van der Waals surface area contributed by atoms with Crippen LogP contribution < -0.4 is 14.8 Å². The Bertz CT molecular complexity index is 2300. The molecule has 6 nitrogen and oxygen atoms in total. The summed E-state index contributed by atoms with van der Waals surface area (Å²) >= 11 is 0. The van der Waals surface area contributed by atoms with Crippen molar-refractivity contribution in [3.63, 3.8) is 0 Å². The third kappa shape index (κ3) is 9.03. The van der Waals surface area contributed by atoms with Gasteiger partial charge in [-0.2, -0.15) is 13.2 Å². The number of nitrogens with one attached hydrogen (secondary N) is 1. The van der Waals surface area contributed by atoms with Crippen molar-refractivity contribution in [2.24, 2.45) is 0 Å². The summed E-state index contributed by atoms with van der Waals surface area (Å²) in [5.41, 5.74) is 5.11. The molecule has 12 heteroatoms. The summed E-state index contributed by atoms with van der Waals surface area (Å²) in [5.74, 6) is -0.422. The molecule has 2 heterocycles. The summed E-state index contributed by atoms with van der Waals surface area (Å²) in [6, 6.07) is 29.8. The smallest absolute Gasteiger partial charge is 0.488 e. The summed E-state index contributed by atoms with van der Waals surface area (Å²) in [7, 11) is 0. The number of carbonyl (C=O) groups excluding carboxylic acids is 1. The van der Waals surface area contributed by atoms with Crippen LogP contribution in [0.5, 0.6) is 11.5 Å². The van der Waals surface area contributed by atoms with Crippen LogP contribution in [0.25, 0.3) is 22.0 Å². The number of nitrogens with zero attached hydrogens (tertiary/aromatic N) is 1. The third-order valence-corrected chi connectivity index (χ3v) is 9.97. The van der Waals surface area contributed by atoms with E-state index in [-0.39, 0.29) is 25.4 Å². The van der Waals surface area contributed by atoms with Crippen LogP contribution in [-0.4, -0.2) is 29.5 Å². The number of ether oxygens (including phenoxy) is 3. The minimum absolute atomic E-state index is 0.0518. The van der Waals surface area contributed by atoms with E-state index in [2.05, 4.69) is 10.1 Å². The van der Waals surface area contributed by atoms with Crippen LogP contribution in [-0.2, 0) is 41.9 Å². The zero-order valence-corrected chi connectivity index (χ0v) is 30.3. The third-order valence-electron chi connectivity index (χ3n) is 9.97. The molecule has 1 N–H and O–H groups in total. The maximum Gasteiger partial charge on any atom is 0.573 e. The lowest BCUT2D eigenvalue weighted by molar-refractivity contribution is -0.274. The monoisotopic (exact) mass is 772 g/mol. The fourth-order valence-electron chi connectivity index (χ4n) is 7.11. The maximum atomic E-state index is 13.8. The van der Waals surface area contributed by atoms with Crippen LogP contribution in [0.1, 0.15) is 51.8 Å². The quantitative estimate of drug-likeness (QED) is 0.0992. The van der Waals surface area contributed by atoms with Gasteiger partial charge in [0.1, 0.15) is 30.8 Å². The van der Waals surface area contributed by atoms with Crippen molar-refractivity contribution in [1.82, 2.24) is 9.88 Å². The molecule has 1 fully saturated rings. The van der Waals surface area contributed by atoms with Crippen molar-refractivity contribution in [2.75, 3.05) is 6.54 Å². The van der Waals surface area contributed by atoms with Crippen molar-refractivity contribution in [2.45, 2.75) is 64.5 Å². The lowest BCUT2D eigenvalue weighted by atomic mass is 9.92. The second-order valence-corrected chi connectivity index (χ2v) is 13.8. The van der Waals surface area contributed by atoms with E-state index < -0.39 is 30.1 Å². The van der Waals surface area contributed by atoms with Gasteiger partial charge in [0.25, 0.3) is 0 Å². The highest BCUT2D eigenvalue weighted by molar-refractivity contribution is 5.87. The van der Waals surface area contributed by atoms with Gasteiger partial charge in [-0.15, -0.1) is 13.2 Å². The van der Waals surface area contributed by atoms with Gasteiger partial charge in [0.2, 0.25) is 0 Å². The molecule has 1 aliphatic heterocycles. The summed E-state index contributed by atoms with van der Waals surface area (Å²) in [6.07, 6.45) is -6.01. The molecular formula is C44H38F6N2O4. The first-order valence-corrected chi connectivity index (χ1v) is 18.1. The van der Waals surface area contributed by atoms with Gasteiger partial charge in [-0.05, 0) is 90.0 Å². The van der Waals surface area contributed by atoms with Crippen LogP contribution >= 0.6 is 0 Å². The fourth-order valence-corrected chi connectivity index (χ4v) is 7.11. The Labute approximate surface area is 319 Å². The molecule has 0 spiro atoms. The zero-order valence-electron chi connectivity index (χ0n) is 30.3. The Hall–Kier alpha value is -5.75. The number of benzene rings is 5. The number of hydrogen-bond donors (Lipinski definition) is 1. The lowest BCUT2D eigenvalue weighted by Gasteiger charge is -2.18. The molecule has 0 amide bonds. The number of carbonyl (C=O) groups is 1. The number of rotatable bonds is 12. The number of hydrogen-bond acceptors (Lipinski definition) is 5. The highest BCUT2D eigenvalue weighted by Gasteiger charge is 2.33. The molecule has 1 saturated heterocycles. The highest BCUT2D eigenvalue weighted by Crippen LogP contribution is 2.39. The number of esters is 1. The Balaban J connectivity index is 1.33. The second-order valence-electron chi connectivity index (χ2n) is 13.8. The predicted octanol–water partition coefficient (Wildman–Crippen LogP) is 10.5. The van der Waals surface area contributed by atoms with Gasteiger partial charge in [-0.1, -0.05) is 78.9 Å². The summed E-state index contributed by atoms with van der Waals surface area (Å²) < 4.78 is 99.8. The first-order chi connectivity index (χ1) is 26.8. The van der Waals surface area contributed by atoms with Gasteiger partial charge in [-0.25, -0.2) is 0 Å². The highest BCUT2D eigenvalue weighted by atomic mass is 19.4. The number of halogens is 6. The molecule has 0 saturated carbocycles. The largest absolute Gasteiger partial charge is 0.573 e. The Morgan fingerprint density at radius 3 is 2.18 bits per heavy atom. The first-order valence-electron chi connectivity index (χ1n) is 18.1. The van der Waals surface area contributed by atoms with Gasteiger partial charge < -0.3 is 24.1 Å². The normalized spacial score (nSPS) is 14.6. The Morgan fingerprint density at radius 2 is 1.52 bits per heavy atom. The van der Waals surface area contributed by atoms with Crippen molar-refractivity contribution >= 4 is 16.9 Å². The molecule has 6 aromatic rings. The van der Waals surface area contributed by atoms with Crippen molar-refractivity contribution in [3.8, 4) is 22.6 Å². The molecule has 1 atom stereocenters. The van der Waals surface area contributed by atoms with E-state index in [9.17, 15) is 31.1 Å². The standard InChI is InChI=1S/C44H38F6N2O4/c1-28-35(31-11-6-3-7-12-31)18-19-40(56-44(48,49)50)36(28)21-32-25-52(24-29-9-4-2-5-10-29)39-22-33(27-55-42(53)38-13-8-20-51-38)41(23-37(32)39)54-26-30-14-16-34(17-15-30)43(45,46)47/h2-7,9-12,14-19,22-23,25,38,51H,8,13,20-21,24,26-27H2,1H3/t38-/m0/s1. The van der Waals surface area contributed by atoms with Gasteiger partial charge in [-0.3, -0.25) is 4.79 Å². The van der Waals surface area contributed by atoms with Crippen LogP contribution in [0.15, 0.2) is 115 Å². The zero-order chi connectivity index (χ0) is 39.5. The van der Waals surface area contributed by atoms with E-state index in [1.165, 1.54) is 18.2 Å². The molecule has 5 aromatic carbocycles.